The van der Waals surface area contributed by atoms with Crippen molar-refractivity contribution in [3.05, 3.63) is 301 Å². The summed E-state index contributed by atoms with van der Waals surface area (Å²) in [6.07, 6.45) is 13.0. The van der Waals surface area contributed by atoms with Gasteiger partial charge in [-0.05, 0) is 201 Å². The van der Waals surface area contributed by atoms with Crippen molar-refractivity contribution in [2.45, 2.75) is 155 Å². The van der Waals surface area contributed by atoms with Gasteiger partial charge in [-0.3, -0.25) is 9.97 Å². The number of hydrogen-bond acceptors (Lipinski definition) is 4. The van der Waals surface area contributed by atoms with E-state index in [1.165, 1.54) is 82.8 Å². The van der Waals surface area contributed by atoms with Crippen LogP contribution < -0.4 is 26.2 Å². The summed E-state index contributed by atoms with van der Waals surface area (Å²) in [4.78, 5) is 15.9. The number of rotatable bonds is 9. The lowest BCUT2D eigenvalue weighted by Gasteiger charge is -2.46. The quantitative estimate of drug-likeness (QED) is 0.135. The predicted octanol–water partition coefficient (Wildman–Crippen LogP) is 25.0. The minimum absolute atomic E-state index is 0.00644. The van der Waals surface area contributed by atoms with E-state index < -0.39 is 0 Å². The largest absolute Gasteiger partial charge is 0.310 e. The van der Waals surface area contributed by atoms with Gasteiger partial charge in [0.05, 0.1) is 28.1 Å². The Labute approximate surface area is 627 Å². The summed E-state index contributed by atoms with van der Waals surface area (Å²) in [5, 5.41) is 2.48. The van der Waals surface area contributed by atoms with Crippen LogP contribution in [0.5, 0.6) is 0 Å². The third-order valence-electron chi connectivity index (χ3n) is 24.8. The van der Waals surface area contributed by atoms with E-state index in [0.29, 0.717) is 0 Å². The number of nitrogens with zero attached hydrogens (tertiary/aromatic N) is 5. The van der Waals surface area contributed by atoms with Crippen molar-refractivity contribution in [1.29, 1.82) is 0 Å². The molecule has 0 amide bonds. The van der Waals surface area contributed by atoms with E-state index in [4.69, 9.17) is 9.97 Å². The van der Waals surface area contributed by atoms with Crippen molar-refractivity contribution in [3.8, 4) is 72.4 Å². The maximum absolute atomic E-state index is 5.26. The topological polar surface area (TPSA) is 37.2 Å². The molecule has 4 aliphatic rings. The van der Waals surface area contributed by atoms with Crippen molar-refractivity contribution in [3.63, 3.8) is 0 Å². The molecule has 18 rings (SSSR count). The number of anilines is 6. The second-order valence-corrected chi connectivity index (χ2v) is 35.5. The minimum Gasteiger partial charge on any atom is -0.310 e. The molecule has 5 heterocycles. The van der Waals surface area contributed by atoms with Crippen LogP contribution in [0.3, 0.4) is 0 Å². The van der Waals surface area contributed by atoms with Crippen LogP contribution in [0.4, 0.5) is 34.1 Å². The first kappa shape index (κ1) is 67.1. The standard InChI is InChI=1S/C100H94BN5/c1-95(2,3)71-39-45-86-74(55-71)75-56-72(96(4,5)6)40-46-87(75)104(86)73-57-90-92-91(58-73)106(94-78(65-31-23-17-24-32-65)61-103-62-79(94)66-33-25-18-26-34-66)89-54-70(68-36-42-81-83(52-68)100(13,14)50-48-98(81,9)10)38-44-85(89)101(92)84-43-37-69(67-35-41-80-82(51-67)99(11,12)49-47-97(80,7)8)53-88(84)105(90)93-76(63-27-19-15-20-28-63)59-102-60-77(93)64-29-21-16-22-30-64/h15-46,51-62H,47-50H2,1-14H3. The molecule has 0 radical (unpaired) electrons. The second-order valence-electron chi connectivity index (χ2n) is 35.5. The molecule has 2 aliphatic heterocycles. The van der Waals surface area contributed by atoms with Gasteiger partial charge >= 0.3 is 0 Å². The fourth-order valence-electron chi connectivity index (χ4n) is 18.4. The summed E-state index contributed by atoms with van der Waals surface area (Å²) in [6.45, 7) is 33.4. The Balaban J connectivity index is 1.03. The third kappa shape index (κ3) is 10.9. The molecule has 0 atom stereocenters. The first-order valence-electron chi connectivity index (χ1n) is 38.5. The molecular weight excluding hydrogens is 1280 g/mol. The maximum atomic E-state index is 5.26. The third-order valence-corrected chi connectivity index (χ3v) is 24.8. The van der Waals surface area contributed by atoms with Crippen molar-refractivity contribution >= 4 is 79.0 Å². The normalized spacial score (nSPS) is 15.9. The molecule has 0 fully saturated rings. The highest BCUT2D eigenvalue weighted by molar-refractivity contribution is 7.00. The van der Waals surface area contributed by atoms with Gasteiger partial charge in [0.15, 0.2) is 0 Å². The van der Waals surface area contributed by atoms with Crippen LogP contribution in [0.2, 0.25) is 0 Å². The highest BCUT2D eigenvalue weighted by atomic mass is 15.2. The number of benzene rings is 11. The van der Waals surface area contributed by atoms with Gasteiger partial charge in [-0.1, -0.05) is 291 Å². The first-order valence-corrected chi connectivity index (χ1v) is 38.5. The molecule has 522 valence electrons. The Morgan fingerprint density at radius 2 is 0.632 bits per heavy atom. The lowest BCUT2D eigenvalue weighted by atomic mass is 9.33. The van der Waals surface area contributed by atoms with E-state index in [0.717, 1.165) is 121 Å². The van der Waals surface area contributed by atoms with Crippen LogP contribution in [0.15, 0.2) is 267 Å². The van der Waals surface area contributed by atoms with E-state index in [1.807, 2.05) is 0 Å². The van der Waals surface area contributed by atoms with E-state index in [1.54, 1.807) is 0 Å². The Morgan fingerprint density at radius 3 is 0.972 bits per heavy atom. The van der Waals surface area contributed by atoms with Crippen molar-refractivity contribution in [2.75, 3.05) is 9.80 Å². The molecule has 106 heavy (non-hydrogen) atoms. The van der Waals surface area contributed by atoms with Crippen LogP contribution >= 0.6 is 0 Å². The Kier molecular flexibility index (Phi) is 15.4. The van der Waals surface area contributed by atoms with E-state index >= 15 is 0 Å². The number of aromatic nitrogens is 3. The lowest BCUT2D eigenvalue weighted by Crippen LogP contribution is -2.61. The van der Waals surface area contributed by atoms with Gasteiger partial charge in [0.1, 0.15) is 0 Å². The van der Waals surface area contributed by atoms with Crippen LogP contribution in [0, 0.1) is 0 Å². The molecule has 0 N–H and O–H groups in total. The molecular formula is C100H94BN5. The van der Waals surface area contributed by atoms with Gasteiger partial charge in [-0.15, -0.1) is 0 Å². The zero-order valence-corrected chi connectivity index (χ0v) is 64.0. The molecule has 0 saturated carbocycles. The van der Waals surface area contributed by atoms with Crippen molar-refractivity contribution in [2.24, 2.45) is 0 Å². The summed E-state index contributed by atoms with van der Waals surface area (Å²) in [7, 11) is 0. The molecule has 0 spiro atoms. The van der Waals surface area contributed by atoms with Crippen LogP contribution in [-0.2, 0) is 32.5 Å². The smallest absolute Gasteiger partial charge is 0.252 e. The first-order chi connectivity index (χ1) is 50.8. The molecule has 0 unspecified atom stereocenters. The Morgan fingerprint density at radius 1 is 0.311 bits per heavy atom. The number of pyridine rings is 2. The highest BCUT2D eigenvalue weighted by Crippen LogP contribution is 2.56. The van der Waals surface area contributed by atoms with Gasteiger partial charge in [0, 0.05) is 80.6 Å². The summed E-state index contributed by atoms with van der Waals surface area (Å²) in [5.74, 6) is 0. The molecule has 6 heteroatoms. The van der Waals surface area contributed by atoms with E-state index in [9.17, 15) is 0 Å². The number of hydrogen-bond donors (Lipinski definition) is 0. The summed E-state index contributed by atoms with van der Waals surface area (Å²) >= 11 is 0. The fraction of sp³-hybridized carbons (Fsp3) is 0.240. The van der Waals surface area contributed by atoms with Gasteiger partial charge in [-0.25, -0.2) is 0 Å². The molecule has 14 aromatic rings. The average Bonchev–Trinajstić information content (AvgIpc) is 0.878. The monoisotopic (exact) mass is 1380 g/mol. The van der Waals surface area contributed by atoms with Crippen molar-refractivity contribution < 1.29 is 0 Å². The zero-order valence-electron chi connectivity index (χ0n) is 64.0. The minimum atomic E-state index is -0.252. The second kappa shape index (κ2) is 24.4. The van der Waals surface area contributed by atoms with Gasteiger partial charge in [0.2, 0.25) is 0 Å². The zero-order chi connectivity index (χ0) is 73.1. The van der Waals surface area contributed by atoms with E-state index in [2.05, 4.69) is 379 Å². The summed E-state index contributed by atoms with van der Waals surface area (Å²) in [6, 6.07) is 93.5. The molecule has 5 nitrogen and oxygen atoms in total. The molecule has 3 aromatic heterocycles. The molecule has 11 aromatic carbocycles. The summed E-state index contributed by atoms with van der Waals surface area (Å²) in [5.41, 5.74) is 35.3. The average molecular weight is 1380 g/mol. The van der Waals surface area contributed by atoms with Crippen LogP contribution in [-0.4, -0.2) is 21.2 Å². The Hall–Kier alpha value is -10.8. The van der Waals surface area contributed by atoms with Gasteiger partial charge < -0.3 is 14.4 Å². The molecule has 0 saturated heterocycles. The predicted molar refractivity (Wildman–Crippen MR) is 451 cm³/mol. The Bertz CT molecular complexity index is 5400. The number of fused-ring (bicyclic) bond motifs is 9. The lowest BCUT2D eigenvalue weighted by molar-refractivity contribution is 0.332. The van der Waals surface area contributed by atoms with E-state index in [-0.39, 0.29) is 39.2 Å². The fourth-order valence-corrected chi connectivity index (χ4v) is 18.4. The SMILES string of the molecule is CC(C)(C)c1ccc2c(c1)c1cc(C(C)(C)C)ccc1n2-c1cc2c3c(c1)N(c1c(-c4ccccc4)cncc1-c1ccccc1)c1cc(-c4ccc5c(c4)C(C)(C)CCC5(C)C)ccc1B3c1ccc(-c3ccc4c(c3)C(C)(C)CCC4(C)C)cc1N2c1c(-c2ccccc2)cncc1-c1ccccc1. The van der Waals surface area contributed by atoms with Gasteiger partial charge in [0.25, 0.3) is 6.71 Å². The summed E-state index contributed by atoms with van der Waals surface area (Å²) < 4.78 is 2.60. The van der Waals surface area contributed by atoms with Crippen LogP contribution in [0.25, 0.3) is 94.3 Å². The molecule has 0 bridgehead atoms. The van der Waals surface area contributed by atoms with Gasteiger partial charge in [-0.2, -0.15) is 0 Å². The maximum Gasteiger partial charge on any atom is 0.252 e. The highest BCUT2D eigenvalue weighted by Gasteiger charge is 2.47. The van der Waals surface area contributed by atoms with Crippen LogP contribution in [0.1, 0.15) is 156 Å². The molecule has 2 aliphatic carbocycles. The van der Waals surface area contributed by atoms with Crippen molar-refractivity contribution in [1.82, 2.24) is 14.5 Å².